The lowest BCUT2D eigenvalue weighted by Gasteiger charge is -2.20. The number of fused-ring (bicyclic) bond motifs is 3. The first-order valence-electron chi connectivity index (χ1n) is 7.94. The first-order valence-corrected chi connectivity index (χ1v) is 7.94. The SMILES string of the molecule is O=C1OC2(OC=C(c3ccc4ccccc4c3)C2=O)c2ccccc21. The number of Topliss-reactive ketones (excluding diaryl/α,β-unsaturated/α-hetero) is 1. The van der Waals surface area contributed by atoms with Crippen LogP contribution in [0.4, 0.5) is 0 Å². The van der Waals surface area contributed by atoms with Gasteiger partial charge in [0.1, 0.15) is 6.26 Å². The van der Waals surface area contributed by atoms with E-state index in [1.165, 1.54) is 6.26 Å². The van der Waals surface area contributed by atoms with Crippen molar-refractivity contribution in [2.75, 3.05) is 0 Å². The first-order chi connectivity index (χ1) is 12.2. The molecule has 3 aromatic rings. The van der Waals surface area contributed by atoms with Crippen LogP contribution >= 0.6 is 0 Å². The van der Waals surface area contributed by atoms with Gasteiger partial charge >= 0.3 is 11.8 Å². The number of carbonyl (C=O) groups excluding carboxylic acids is 2. The Kier molecular flexibility index (Phi) is 2.69. The molecule has 25 heavy (non-hydrogen) atoms. The van der Waals surface area contributed by atoms with Crippen LogP contribution < -0.4 is 0 Å². The van der Waals surface area contributed by atoms with Gasteiger partial charge in [-0.2, -0.15) is 0 Å². The molecule has 2 heterocycles. The van der Waals surface area contributed by atoms with E-state index in [9.17, 15) is 9.59 Å². The van der Waals surface area contributed by atoms with E-state index in [1.807, 2.05) is 42.5 Å². The van der Waals surface area contributed by atoms with Gasteiger partial charge in [-0.25, -0.2) is 4.79 Å². The Hall–Kier alpha value is -3.40. The third-order valence-electron chi connectivity index (χ3n) is 4.68. The van der Waals surface area contributed by atoms with E-state index in [-0.39, 0.29) is 5.78 Å². The molecule has 1 atom stereocenters. The molecule has 0 N–H and O–H groups in total. The van der Waals surface area contributed by atoms with Crippen molar-refractivity contribution in [3.05, 3.63) is 89.7 Å². The molecule has 0 saturated carbocycles. The lowest BCUT2D eigenvalue weighted by molar-refractivity contribution is -0.173. The molecule has 2 aliphatic heterocycles. The van der Waals surface area contributed by atoms with Gasteiger partial charge in [0, 0.05) is 0 Å². The van der Waals surface area contributed by atoms with E-state index in [0.29, 0.717) is 16.7 Å². The first kappa shape index (κ1) is 14.0. The molecule has 0 bridgehead atoms. The highest BCUT2D eigenvalue weighted by atomic mass is 16.7. The lowest BCUT2D eigenvalue weighted by Crippen LogP contribution is -2.34. The van der Waals surface area contributed by atoms with Crippen molar-refractivity contribution < 1.29 is 19.1 Å². The third-order valence-corrected chi connectivity index (χ3v) is 4.68. The van der Waals surface area contributed by atoms with Gasteiger partial charge in [-0.3, -0.25) is 4.79 Å². The summed E-state index contributed by atoms with van der Waals surface area (Å²) in [5, 5.41) is 2.11. The highest BCUT2D eigenvalue weighted by Crippen LogP contribution is 2.45. The summed E-state index contributed by atoms with van der Waals surface area (Å²) in [6, 6.07) is 20.5. The molecule has 0 fully saturated rings. The summed E-state index contributed by atoms with van der Waals surface area (Å²) >= 11 is 0. The number of ketones is 1. The zero-order valence-corrected chi connectivity index (χ0v) is 13.1. The van der Waals surface area contributed by atoms with Gasteiger partial charge in [0.05, 0.1) is 16.7 Å². The van der Waals surface area contributed by atoms with Crippen molar-refractivity contribution in [2.24, 2.45) is 0 Å². The maximum atomic E-state index is 13.1. The van der Waals surface area contributed by atoms with Crippen LogP contribution in [0.2, 0.25) is 0 Å². The molecule has 5 rings (SSSR count). The summed E-state index contributed by atoms with van der Waals surface area (Å²) in [5.41, 5.74) is 1.96. The van der Waals surface area contributed by atoms with Crippen LogP contribution in [-0.4, -0.2) is 11.8 Å². The average molecular weight is 328 g/mol. The number of rotatable bonds is 1. The normalized spacial score (nSPS) is 21.2. The fraction of sp³-hybridized carbons (Fsp3) is 0.0476. The topological polar surface area (TPSA) is 52.6 Å². The number of ether oxygens (including phenoxy) is 2. The Morgan fingerprint density at radius 1 is 0.800 bits per heavy atom. The fourth-order valence-corrected chi connectivity index (χ4v) is 3.43. The molecule has 0 radical (unpaired) electrons. The Balaban J connectivity index is 1.60. The van der Waals surface area contributed by atoms with Crippen LogP contribution in [0.25, 0.3) is 16.3 Å². The van der Waals surface area contributed by atoms with Gasteiger partial charge < -0.3 is 9.47 Å². The van der Waals surface area contributed by atoms with Crippen molar-refractivity contribution >= 4 is 28.1 Å². The molecular formula is C21H12O4. The number of esters is 1. The summed E-state index contributed by atoms with van der Waals surface area (Å²) in [4.78, 5) is 25.2. The summed E-state index contributed by atoms with van der Waals surface area (Å²) in [6.07, 6.45) is 1.39. The molecular weight excluding hydrogens is 316 g/mol. The third kappa shape index (κ3) is 1.82. The number of benzene rings is 3. The summed E-state index contributed by atoms with van der Waals surface area (Å²) in [5.74, 6) is -2.59. The van der Waals surface area contributed by atoms with Gasteiger partial charge in [-0.1, -0.05) is 48.5 Å². The van der Waals surface area contributed by atoms with E-state index >= 15 is 0 Å². The van der Waals surface area contributed by atoms with Gasteiger partial charge in [0.25, 0.3) is 5.78 Å². The molecule has 3 aromatic carbocycles. The van der Waals surface area contributed by atoms with E-state index < -0.39 is 11.8 Å². The highest BCUT2D eigenvalue weighted by molar-refractivity contribution is 6.27. The maximum absolute atomic E-state index is 13.1. The second-order valence-corrected chi connectivity index (χ2v) is 6.09. The zero-order chi connectivity index (χ0) is 17.0. The van der Waals surface area contributed by atoms with Crippen molar-refractivity contribution in [3.8, 4) is 0 Å². The lowest BCUT2D eigenvalue weighted by atomic mass is 9.92. The number of carbonyl (C=O) groups is 2. The zero-order valence-electron chi connectivity index (χ0n) is 13.1. The predicted molar refractivity (Wildman–Crippen MR) is 91.6 cm³/mol. The molecule has 1 unspecified atom stereocenters. The maximum Gasteiger partial charge on any atom is 0.347 e. The second-order valence-electron chi connectivity index (χ2n) is 6.09. The predicted octanol–water partition coefficient (Wildman–Crippen LogP) is 3.80. The Morgan fingerprint density at radius 2 is 1.56 bits per heavy atom. The van der Waals surface area contributed by atoms with Crippen LogP contribution in [0.1, 0.15) is 21.5 Å². The molecule has 0 aromatic heterocycles. The van der Waals surface area contributed by atoms with E-state index in [0.717, 1.165) is 16.3 Å². The minimum Gasteiger partial charge on any atom is -0.449 e. The monoisotopic (exact) mass is 328 g/mol. The fourth-order valence-electron chi connectivity index (χ4n) is 3.43. The van der Waals surface area contributed by atoms with Gasteiger partial charge in [-0.15, -0.1) is 0 Å². The minimum absolute atomic E-state index is 0.360. The van der Waals surface area contributed by atoms with Crippen LogP contribution in [-0.2, 0) is 20.1 Å². The number of hydrogen-bond donors (Lipinski definition) is 0. The van der Waals surface area contributed by atoms with Crippen LogP contribution in [0.5, 0.6) is 0 Å². The van der Waals surface area contributed by atoms with Crippen LogP contribution in [0, 0.1) is 0 Å². The minimum atomic E-state index is -1.69. The Labute approximate surface area is 143 Å². The van der Waals surface area contributed by atoms with E-state index in [1.54, 1.807) is 24.3 Å². The largest absolute Gasteiger partial charge is 0.449 e. The average Bonchev–Trinajstić information content (AvgIpc) is 3.13. The smallest absolute Gasteiger partial charge is 0.347 e. The van der Waals surface area contributed by atoms with Crippen molar-refractivity contribution in [2.45, 2.75) is 5.79 Å². The Morgan fingerprint density at radius 3 is 2.44 bits per heavy atom. The van der Waals surface area contributed by atoms with E-state index in [4.69, 9.17) is 9.47 Å². The van der Waals surface area contributed by atoms with Crippen LogP contribution in [0.3, 0.4) is 0 Å². The van der Waals surface area contributed by atoms with Crippen molar-refractivity contribution in [1.29, 1.82) is 0 Å². The number of hydrogen-bond acceptors (Lipinski definition) is 4. The standard InChI is InChI=1S/C21H12O4/c22-19-17(15-10-9-13-5-1-2-6-14(13)11-15)12-24-21(19)18-8-4-3-7-16(18)20(23)25-21/h1-12H. The summed E-state index contributed by atoms with van der Waals surface area (Å²) < 4.78 is 11.0. The molecule has 2 aliphatic rings. The highest BCUT2D eigenvalue weighted by Gasteiger charge is 2.57. The molecule has 4 heteroatoms. The van der Waals surface area contributed by atoms with Gasteiger partial charge in [0.2, 0.25) is 0 Å². The van der Waals surface area contributed by atoms with Crippen molar-refractivity contribution in [3.63, 3.8) is 0 Å². The molecule has 120 valence electrons. The Bertz CT molecular complexity index is 1100. The summed E-state index contributed by atoms with van der Waals surface area (Å²) in [7, 11) is 0. The quantitative estimate of drug-likeness (QED) is 0.638. The van der Waals surface area contributed by atoms with Gasteiger partial charge in [0.15, 0.2) is 0 Å². The molecule has 4 nitrogen and oxygen atoms in total. The van der Waals surface area contributed by atoms with Gasteiger partial charge in [-0.05, 0) is 34.5 Å². The molecule has 0 saturated heterocycles. The van der Waals surface area contributed by atoms with E-state index in [2.05, 4.69) is 0 Å². The summed E-state index contributed by atoms with van der Waals surface area (Å²) in [6.45, 7) is 0. The molecule has 1 spiro atoms. The second kappa shape index (κ2) is 4.80. The van der Waals surface area contributed by atoms with Crippen molar-refractivity contribution in [1.82, 2.24) is 0 Å². The molecule has 0 aliphatic carbocycles. The molecule has 0 amide bonds. The van der Waals surface area contributed by atoms with Crippen LogP contribution in [0.15, 0.2) is 73.0 Å².